The third-order valence-electron chi connectivity index (χ3n) is 3.15. The molecule has 1 fully saturated rings. The van der Waals surface area contributed by atoms with Crippen LogP contribution in [0.3, 0.4) is 0 Å². The summed E-state index contributed by atoms with van der Waals surface area (Å²) in [5.74, 6) is 0. The number of ether oxygens (including phenoxy) is 1. The molecule has 3 heteroatoms. The quantitative estimate of drug-likeness (QED) is 0.812. The largest absolute Gasteiger partial charge is 0.378 e. The minimum absolute atomic E-state index is 0.532. The summed E-state index contributed by atoms with van der Waals surface area (Å²) in [7, 11) is 0. The van der Waals surface area contributed by atoms with E-state index >= 15 is 0 Å². The first-order chi connectivity index (χ1) is 8.34. The van der Waals surface area contributed by atoms with E-state index in [0.29, 0.717) is 6.10 Å². The minimum atomic E-state index is 0.532. The Balaban J connectivity index is 1.55. The normalized spacial score (nSPS) is 19.7. The number of rotatable bonds is 6. The molecule has 1 atom stereocenters. The van der Waals surface area contributed by atoms with Crippen molar-refractivity contribution in [2.24, 2.45) is 0 Å². The van der Waals surface area contributed by atoms with Crippen molar-refractivity contribution in [1.29, 1.82) is 0 Å². The smallest absolute Gasteiger partial charge is 0.0576 e. The molecule has 2 rings (SSSR count). The fourth-order valence-electron chi connectivity index (χ4n) is 2.16. The molecule has 1 aliphatic rings. The lowest BCUT2D eigenvalue weighted by Crippen LogP contribution is -2.16. The van der Waals surface area contributed by atoms with Gasteiger partial charge >= 0.3 is 0 Å². The monoisotopic (exact) mass is 297 g/mol. The highest BCUT2D eigenvalue weighted by Crippen LogP contribution is 2.16. The van der Waals surface area contributed by atoms with E-state index < -0.39 is 0 Å². The fraction of sp³-hybridized carbons (Fsp3) is 0.571. The lowest BCUT2D eigenvalue weighted by atomic mass is 10.1. The highest BCUT2D eigenvalue weighted by Gasteiger charge is 2.14. The average molecular weight is 298 g/mol. The van der Waals surface area contributed by atoms with Crippen molar-refractivity contribution in [3.63, 3.8) is 0 Å². The maximum atomic E-state index is 5.60. The topological polar surface area (TPSA) is 21.3 Å². The number of hydrogen-bond acceptors (Lipinski definition) is 2. The van der Waals surface area contributed by atoms with Gasteiger partial charge in [-0.1, -0.05) is 28.1 Å². The van der Waals surface area contributed by atoms with E-state index in [1.165, 1.54) is 31.2 Å². The van der Waals surface area contributed by atoms with E-state index in [1.54, 1.807) is 0 Å². The first kappa shape index (κ1) is 13.1. The second-order valence-corrected chi connectivity index (χ2v) is 5.50. The second-order valence-electron chi connectivity index (χ2n) is 4.58. The van der Waals surface area contributed by atoms with Gasteiger partial charge < -0.3 is 10.1 Å². The number of hydrogen-bond donors (Lipinski definition) is 1. The molecule has 0 amide bonds. The summed E-state index contributed by atoms with van der Waals surface area (Å²) in [5, 5.41) is 3.47. The van der Waals surface area contributed by atoms with Crippen molar-refractivity contribution in [3.8, 4) is 0 Å². The van der Waals surface area contributed by atoms with Gasteiger partial charge in [-0.15, -0.1) is 0 Å². The van der Waals surface area contributed by atoms with Crippen LogP contribution in [0, 0.1) is 0 Å². The van der Waals surface area contributed by atoms with Crippen molar-refractivity contribution in [2.75, 3.05) is 13.2 Å². The van der Waals surface area contributed by atoms with E-state index in [-0.39, 0.29) is 0 Å². The molecule has 1 aromatic carbocycles. The number of benzene rings is 1. The molecular weight excluding hydrogens is 278 g/mol. The van der Waals surface area contributed by atoms with Gasteiger partial charge in [0.15, 0.2) is 0 Å². The SMILES string of the molecule is Brc1ccc(CNCCCC2CCCO2)cc1. The predicted octanol–water partition coefficient (Wildman–Crippen LogP) is 3.50. The van der Waals surface area contributed by atoms with Crippen LogP contribution in [0.4, 0.5) is 0 Å². The summed E-state index contributed by atoms with van der Waals surface area (Å²) in [5.41, 5.74) is 1.34. The molecule has 17 heavy (non-hydrogen) atoms. The van der Waals surface area contributed by atoms with Gasteiger partial charge in [0.05, 0.1) is 6.10 Å². The van der Waals surface area contributed by atoms with Gasteiger partial charge in [0, 0.05) is 17.6 Å². The zero-order chi connectivity index (χ0) is 11.9. The second kappa shape index (κ2) is 7.14. The van der Waals surface area contributed by atoms with E-state index in [1.807, 2.05) is 0 Å². The molecule has 0 radical (unpaired) electrons. The van der Waals surface area contributed by atoms with Gasteiger partial charge in [-0.05, 0) is 49.9 Å². The molecule has 0 saturated carbocycles. The van der Waals surface area contributed by atoms with Gasteiger partial charge in [0.2, 0.25) is 0 Å². The van der Waals surface area contributed by atoms with Gasteiger partial charge in [0.1, 0.15) is 0 Å². The van der Waals surface area contributed by atoms with E-state index in [2.05, 4.69) is 45.5 Å². The standard InChI is InChI=1S/C14H20BrNO/c15-13-7-5-12(6-8-13)11-16-9-1-3-14-4-2-10-17-14/h5-8,14,16H,1-4,9-11H2. The van der Waals surface area contributed by atoms with Crippen LogP contribution in [-0.4, -0.2) is 19.3 Å². The van der Waals surface area contributed by atoms with Crippen molar-refractivity contribution < 1.29 is 4.74 Å². The Bertz CT molecular complexity index is 319. The Hall–Kier alpha value is -0.380. The third kappa shape index (κ3) is 4.78. The maximum Gasteiger partial charge on any atom is 0.0576 e. The van der Waals surface area contributed by atoms with Gasteiger partial charge in [-0.2, -0.15) is 0 Å². The van der Waals surface area contributed by atoms with Crippen LogP contribution in [0.2, 0.25) is 0 Å². The summed E-state index contributed by atoms with van der Waals surface area (Å²) >= 11 is 3.44. The molecule has 94 valence electrons. The van der Waals surface area contributed by atoms with Crippen LogP contribution >= 0.6 is 15.9 Å². The maximum absolute atomic E-state index is 5.60. The van der Waals surface area contributed by atoms with Crippen molar-refractivity contribution in [1.82, 2.24) is 5.32 Å². The molecule has 2 nitrogen and oxygen atoms in total. The predicted molar refractivity (Wildman–Crippen MR) is 74.1 cm³/mol. The average Bonchev–Trinajstić information content (AvgIpc) is 2.84. The first-order valence-electron chi connectivity index (χ1n) is 6.41. The fourth-order valence-corrected chi connectivity index (χ4v) is 2.43. The van der Waals surface area contributed by atoms with Crippen LogP contribution in [0.5, 0.6) is 0 Å². The number of nitrogens with one attached hydrogen (secondary N) is 1. The van der Waals surface area contributed by atoms with Crippen LogP contribution < -0.4 is 5.32 Å². The highest BCUT2D eigenvalue weighted by molar-refractivity contribution is 9.10. The van der Waals surface area contributed by atoms with Crippen LogP contribution in [0.25, 0.3) is 0 Å². The van der Waals surface area contributed by atoms with E-state index in [0.717, 1.165) is 24.2 Å². The summed E-state index contributed by atoms with van der Waals surface area (Å²) in [4.78, 5) is 0. The molecule has 1 aliphatic heterocycles. The molecule has 1 unspecified atom stereocenters. The molecule has 0 aromatic heterocycles. The van der Waals surface area contributed by atoms with Gasteiger partial charge in [-0.25, -0.2) is 0 Å². The summed E-state index contributed by atoms with van der Waals surface area (Å²) in [6.45, 7) is 3.01. The Kier molecular flexibility index (Phi) is 5.49. The highest BCUT2D eigenvalue weighted by atomic mass is 79.9. The first-order valence-corrected chi connectivity index (χ1v) is 7.20. The van der Waals surface area contributed by atoms with Crippen molar-refractivity contribution in [3.05, 3.63) is 34.3 Å². The van der Waals surface area contributed by atoms with Crippen LogP contribution in [-0.2, 0) is 11.3 Å². The Morgan fingerprint density at radius 2 is 2.12 bits per heavy atom. The number of halogens is 1. The Morgan fingerprint density at radius 3 is 2.82 bits per heavy atom. The molecule has 1 aromatic rings. The van der Waals surface area contributed by atoms with E-state index in [9.17, 15) is 0 Å². The third-order valence-corrected chi connectivity index (χ3v) is 3.67. The zero-order valence-electron chi connectivity index (χ0n) is 10.1. The molecule has 1 N–H and O–H groups in total. The lowest BCUT2D eigenvalue weighted by molar-refractivity contribution is 0.102. The summed E-state index contributed by atoms with van der Waals surface area (Å²) in [6, 6.07) is 8.47. The molecule has 0 aliphatic carbocycles. The van der Waals surface area contributed by atoms with Gasteiger partial charge in [-0.3, -0.25) is 0 Å². The molecule has 0 bridgehead atoms. The van der Waals surface area contributed by atoms with Crippen LogP contribution in [0.1, 0.15) is 31.2 Å². The van der Waals surface area contributed by atoms with Crippen LogP contribution in [0.15, 0.2) is 28.7 Å². The molecule has 1 saturated heterocycles. The van der Waals surface area contributed by atoms with Crippen molar-refractivity contribution >= 4 is 15.9 Å². The Morgan fingerprint density at radius 1 is 1.29 bits per heavy atom. The van der Waals surface area contributed by atoms with Gasteiger partial charge in [0.25, 0.3) is 0 Å². The molecule has 1 heterocycles. The molecular formula is C14H20BrNO. The Labute approximate surface area is 112 Å². The zero-order valence-corrected chi connectivity index (χ0v) is 11.7. The summed E-state index contributed by atoms with van der Waals surface area (Å²) < 4.78 is 6.74. The lowest BCUT2D eigenvalue weighted by Gasteiger charge is -2.09. The van der Waals surface area contributed by atoms with Crippen molar-refractivity contribution in [2.45, 2.75) is 38.3 Å². The minimum Gasteiger partial charge on any atom is -0.378 e. The molecule has 0 spiro atoms. The van der Waals surface area contributed by atoms with E-state index in [4.69, 9.17) is 4.74 Å². The summed E-state index contributed by atoms with van der Waals surface area (Å²) in [6.07, 6.45) is 5.45.